The van der Waals surface area contributed by atoms with Crippen molar-refractivity contribution in [2.75, 3.05) is 18.6 Å². The molecule has 0 amide bonds. The smallest absolute Gasteiger partial charge is 0.338 e. The average Bonchev–Trinajstić information content (AvgIpc) is 3.51. The Morgan fingerprint density at radius 2 is 2.00 bits per heavy atom. The number of aromatic nitrogens is 3. The van der Waals surface area contributed by atoms with Gasteiger partial charge in [-0.15, -0.1) is 0 Å². The van der Waals surface area contributed by atoms with Gasteiger partial charge in [-0.3, -0.25) is 0 Å². The molecule has 1 aromatic carbocycles. The van der Waals surface area contributed by atoms with Crippen LogP contribution in [0.25, 0.3) is 33.7 Å². The Labute approximate surface area is 178 Å². The van der Waals surface area contributed by atoms with Gasteiger partial charge >= 0.3 is 5.97 Å². The third-order valence-corrected chi connectivity index (χ3v) is 7.20. The standard InChI is InChI=1S/C22H19N3O5S/c1-29-22(26)16-12-17(14-6-3-2-4-7-14)23-21-19(16)20(18-8-5-10-30-18)24-25(21)15-9-11-31(27,28)13-15/h2-8,10,12,15H,9,11,13H2,1H3/t15-/m1/s1. The molecule has 5 rings (SSSR count). The second-order valence-corrected chi connectivity index (χ2v) is 9.67. The molecule has 0 saturated carbocycles. The molecule has 0 radical (unpaired) electrons. The van der Waals surface area contributed by atoms with Crippen LogP contribution in [0.4, 0.5) is 0 Å². The molecule has 3 aromatic heterocycles. The monoisotopic (exact) mass is 437 g/mol. The maximum absolute atomic E-state index is 12.8. The first kappa shape index (κ1) is 19.5. The third kappa shape index (κ3) is 3.40. The van der Waals surface area contributed by atoms with Crippen molar-refractivity contribution in [2.45, 2.75) is 12.5 Å². The zero-order valence-corrected chi connectivity index (χ0v) is 17.5. The predicted molar refractivity (Wildman–Crippen MR) is 114 cm³/mol. The van der Waals surface area contributed by atoms with Crippen LogP contribution in [0, 0.1) is 0 Å². The van der Waals surface area contributed by atoms with Crippen LogP contribution in [0.15, 0.2) is 59.2 Å². The maximum Gasteiger partial charge on any atom is 0.338 e. The number of hydrogen-bond acceptors (Lipinski definition) is 7. The fourth-order valence-corrected chi connectivity index (χ4v) is 5.66. The van der Waals surface area contributed by atoms with Gasteiger partial charge < -0.3 is 9.15 Å². The molecule has 0 bridgehead atoms. The van der Waals surface area contributed by atoms with Gasteiger partial charge in [-0.2, -0.15) is 5.10 Å². The number of ether oxygens (including phenoxy) is 1. The van der Waals surface area contributed by atoms with Crippen LogP contribution in [-0.2, 0) is 14.6 Å². The fraction of sp³-hybridized carbons (Fsp3) is 0.227. The Hall–Kier alpha value is -3.46. The van der Waals surface area contributed by atoms with E-state index in [1.54, 1.807) is 22.9 Å². The Morgan fingerprint density at radius 3 is 2.65 bits per heavy atom. The van der Waals surface area contributed by atoms with E-state index < -0.39 is 15.8 Å². The molecule has 4 heterocycles. The molecule has 1 aliphatic rings. The van der Waals surface area contributed by atoms with Crippen molar-refractivity contribution in [2.24, 2.45) is 0 Å². The number of methoxy groups -OCH3 is 1. The number of rotatable bonds is 4. The van der Waals surface area contributed by atoms with Crippen LogP contribution in [0.5, 0.6) is 0 Å². The van der Waals surface area contributed by atoms with Crippen LogP contribution in [-0.4, -0.2) is 47.8 Å². The zero-order valence-electron chi connectivity index (χ0n) is 16.7. The minimum absolute atomic E-state index is 0.0216. The minimum Gasteiger partial charge on any atom is -0.465 e. The average molecular weight is 437 g/mol. The van der Waals surface area contributed by atoms with Crippen molar-refractivity contribution in [3.8, 4) is 22.7 Å². The molecule has 0 spiro atoms. The van der Waals surface area contributed by atoms with Crippen molar-refractivity contribution < 1.29 is 22.4 Å². The van der Waals surface area contributed by atoms with Gasteiger partial charge in [0.05, 0.1) is 47.6 Å². The molecule has 1 aliphatic heterocycles. The van der Waals surface area contributed by atoms with E-state index in [1.165, 1.54) is 13.4 Å². The van der Waals surface area contributed by atoms with Gasteiger partial charge in [-0.25, -0.2) is 22.9 Å². The summed E-state index contributed by atoms with van der Waals surface area (Å²) in [7, 11) is -1.84. The Balaban J connectivity index is 1.83. The topological polar surface area (TPSA) is 104 Å². The second kappa shape index (κ2) is 7.35. The Kier molecular flexibility index (Phi) is 4.62. The van der Waals surface area contributed by atoms with E-state index in [4.69, 9.17) is 14.1 Å². The molecule has 0 N–H and O–H groups in total. The lowest BCUT2D eigenvalue weighted by Gasteiger charge is -2.11. The maximum atomic E-state index is 12.8. The van der Waals surface area contributed by atoms with Gasteiger partial charge in [0.15, 0.2) is 21.2 Å². The first-order valence-electron chi connectivity index (χ1n) is 9.78. The number of furan rings is 1. The minimum atomic E-state index is -3.15. The highest BCUT2D eigenvalue weighted by Crippen LogP contribution is 2.36. The van der Waals surface area contributed by atoms with Gasteiger partial charge in [-0.05, 0) is 24.6 Å². The summed E-state index contributed by atoms with van der Waals surface area (Å²) in [5.41, 5.74) is 2.54. The van der Waals surface area contributed by atoms with Crippen LogP contribution < -0.4 is 0 Å². The molecular weight excluding hydrogens is 418 g/mol. The van der Waals surface area contributed by atoms with Crippen molar-refractivity contribution in [1.82, 2.24) is 14.8 Å². The van der Waals surface area contributed by atoms with E-state index in [9.17, 15) is 13.2 Å². The SMILES string of the molecule is COC(=O)c1cc(-c2ccccc2)nc2c1c(-c1ccco1)nn2[C@@H]1CCS(=O)(=O)C1. The number of nitrogens with zero attached hydrogens (tertiary/aromatic N) is 3. The molecule has 158 valence electrons. The van der Waals surface area contributed by atoms with E-state index in [0.717, 1.165) is 5.56 Å². The Morgan fingerprint density at radius 1 is 1.19 bits per heavy atom. The second-order valence-electron chi connectivity index (χ2n) is 7.44. The molecule has 1 saturated heterocycles. The molecule has 1 fully saturated rings. The highest BCUT2D eigenvalue weighted by molar-refractivity contribution is 7.91. The summed E-state index contributed by atoms with van der Waals surface area (Å²) in [6.07, 6.45) is 1.95. The number of sulfone groups is 1. The number of benzene rings is 1. The molecule has 1 atom stereocenters. The van der Waals surface area contributed by atoms with Gasteiger partial charge in [0.2, 0.25) is 0 Å². The van der Waals surface area contributed by atoms with E-state index in [0.29, 0.717) is 40.2 Å². The highest BCUT2D eigenvalue weighted by Gasteiger charge is 2.33. The molecular formula is C22H19N3O5S. The molecule has 0 unspecified atom stereocenters. The van der Waals surface area contributed by atoms with Crippen molar-refractivity contribution in [3.63, 3.8) is 0 Å². The number of fused-ring (bicyclic) bond motifs is 1. The van der Waals surface area contributed by atoms with Gasteiger partial charge in [-0.1, -0.05) is 30.3 Å². The highest BCUT2D eigenvalue weighted by atomic mass is 32.2. The lowest BCUT2D eigenvalue weighted by atomic mass is 10.0. The first-order valence-corrected chi connectivity index (χ1v) is 11.6. The molecule has 31 heavy (non-hydrogen) atoms. The molecule has 4 aromatic rings. The van der Waals surface area contributed by atoms with Crippen LogP contribution in [0.1, 0.15) is 22.8 Å². The van der Waals surface area contributed by atoms with E-state index >= 15 is 0 Å². The zero-order chi connectivity index (χ0) is 21.6. The lowest BCUT2D eigenvalue weighted by molar-refractivity contribution is 0.0603. The summed E-state index contributed by atoms with van der Waals surface area (Å²) in [5.74, 6) is 0.00349. The number of esters is 1. The van der Waals surface area contributed by atoms with Gasteiger partial charge in [0, 0.05) is 5.56 Å². The quantitative estimate of drug-likeness (QED) is 0.450. The van der Waals surface area contributed by atoms with Crippen LogP contribution in [0.3, 0.4) is 0 Å². The lowest BCUT2D eigenvalue weighted by Crippen LogP contribution is -2.13. The summed E-state index contributed by atoms with van der Waals surface area (Å²) in [4.78, 5) is 17.6. The van der Waals surface area contributed by atoms with E-state index in [1.807, 2.05) is 30.3 Å². The summed E-state index contributed by atoms with van der Waals surface area (Å²) in [6, 6.07) is 14.2. The van der Waals surface area contributed by atoms with Crippen LogP contribution in [0.2, 0.25) is 0 Å². The molecule has 9 heteroatoms. The number of hydrogen-bond donors (Lipinski definition) is 0. The van der Waals surface area contributed by atoms with Gasteiger partial charge in [0.25, 0.3) is 0 Å². The van der Waals surface area contributed by atoms with Crippen LogP contribution >= 0.6 is 0 Å². The number of carbonyl (C=O) groups is 1. The van der Waals surface area contributed by atoms with E-state index in [-0.39, 0.29) is 17.5 Å². The molecule has 0 aliphatic carbocycles. The summed E-state index contributed by atoms with van der Waals surface area (Å²) in [6.45, 7) is 0. The Bertz CT molecular complexity index is 1380. The summed E-state index contributed by atoms with van der Waals surface area (Å²) >= 11 is 0. The van der Waals surface area contributed by atoms with Crippen molar-refractivity contribution in [1.29, 1.82) is 0 Å². The largest absolute Gasteiger partial charge is 0.465 e. The number of pyridine rings is 1. The van der Waals surface area contributed by atoms with Crippen molar-refractivity contribution >= 4 is 26.8 Å². The summed E-state index contributed by atoms with van der Waals surface area (Å²) < 4.78 is 36.5. The van der Waals surface area contributed by atoms with Crippen molar-refractivity contribution in [3.05, 3.63) is 60.4 Å². The predicted octanol–water partition coefficient (Wildman–Crippen LogP) is 3.50. The third-order valence-electron chi connectivity index (χ3n) is 5.45. The fourth-order valence-electron chi connectivity index (χ4n) is 3.97. The first-order chi connectivity index (χ1) is 15.0. The summed E-state index contributed by atoms with van der Waals surface area (Å²) in [5, 5.41) is 5.16. The van der Waals surface area contributed by atoms with Gasteiger partial charge in [0.1, 0.15) is 5.69 Å². The number of carbonyl (C=O) groups excluding carboxylic acids is 1. The van der Waals surface area contributed by atoms with E-state index in [2.05, 4.69) is 5.10 Å². The normalized spacial score (nSPS) is 17.8. The molecule has 8 nitrogen and oxygen atoms in total.